The Kier molecular flexibility index (Phi) is 6.25. The molecule has 1 aliphatic carbocycles. The van der Waals surface area contributed by atoms with Crippen LogP contribution >= 0.6 is 11.3 Å². The van der Waals surface area contributed by atoms with Gasteiger partial charge in [0.2, 0.25) is 0 Å². The molecule has 0 radical (unpaired) electrons. The van der Waals surface area contributed by atoms with E-state index in [1.807, 2.05) is 24.3 Å². The average molecular weight is 492 g/mol. The summed E-state index contributed by atoms with van der Waals surface area (Å²) in [6.07, 6.45) is 0.532. The van der Waals surface area contributed by atoms with E-state index >= 15 is 0 Å². The molecule has 0 saturated carbocycles. The Morgan fingerprint density at radius 2 is 1.80 bits per heavy atom. The van der Waals surface area contributed by atoms with Gasteiger partial charge in [0.05, 0.1) is 6.04 Å². The smallest absolute Gasteiger partial charge is 0.407 e. The minimum absolute atomic E-state index is 0.0322. The Morgan fingerprint density at radius 3 is 2.46 bits per heavy atom. The first-order valence-corrected chi connectivity index (χ1v) is 12.4. The summed E-state index contributed by atoms with van der Waals surface area (Å²) in [5.74, 6) is -1.43. The lowest BCUT2D eigenvalue weighted by molar-refractivity contribution is -0.141. The first-order chi connectivity index (χ1) is 16.9. The van der Waals surface area contributed by atoms with Crippen LogP contribution in [0.4, 0.5) is 4.79 Å². The molecule has 2 aliphatic rings. The molecule has 2 aromatic carbocycles. The molecule has 1 saturated heterocycles. The average Bonchev–Trinajstić information content (AvgIpc) is 3.60. The number of likely N-dealkylation sites (tertiary alicyclic amines) is 1. The number of amides is 2. The molecule has 1 aromatic heterocycles. The minimum Gasteiger partial charge on any atom is -0.480 e. The van der Waals surface area contributed by atoms with Crippen molar-refractivity contribution < 1.29 is 24.2 Å². The van der Waals surface area contributed by atoms with Crippen LogP contribution in [-0.4, -0.2) is 52.2 Å². The summed E-state index contributed by atoms with van der Waals surface area (Å²) in [6, 6.07) is 15.0. The third kappa shape index (κ3) is 4.39. The highest BCUT2D eigenvalue weighted by Gasteiger charge is 2.35. The Labute approximate surface area is 206 Å². The van der Waals surface area contributed by atoms with E-state index in [0.717, 1.165) is 22.3 Å². The summed E-state index contributed by atoms with van der Waals surface area (Å²) in [4.78, 5) is 42.5. The highest BCUT2D eigenvalue weighted by molar-refractivity contribution is 7.09. The molecule has 2 atom stereocenters. The van der Waals surface area contributed by atoms with Gasteiger partial charge in [0.1, 0.15) is 23.4 Å². The van der Waals surface area contributed by atoms with E-state index in [0.29, 0.717) is 24.4 Å². The quantitative estimate of drug-likeness (QED) is 0.528. The van der Waals surface area contributed by atoms with Gasteiger partial charge in [-0.2, -0.15) is 0 Å². The third-order valence-electron chi connectivity index (χ3n) is 6.59. The SMILES string of the molecule is CC(NC(=O)OCC1c2ccccc2-c2ccccc21)c1nc(C(=O)N2CCC[C@H]2C(=O)O)cs1. The number of thiazole rings is 1. The van der Waals surface area contributed by atoms with Gasteiger partial charge in [-0.05, 0) is 42.0 Å². The number of alkyl carbamates (subject to hydrolysis) is 1. The topological polar surface area (TPSA) is 109 Å². The zero-order valence-electron chi connectivity index (χ0n) is 19.1. The molecule has 5 rings (SSSR count). The van der Waals surface area contributed by atoms with Crippen molar-refractivity contribution in [2.75, 3.05) is 13.2 Å². The number of hydrogen-bond acceptors (Lipinski definition) is 6. The van der Waals surface area contributed by atoms with E-state index in [1.54, 1.807) is 12.3 Å². The number of ether oxygens (including phenoxy) is 1. The predicted molar refractivity (Wildman–Crippen MR) is 130 cm³/mol. The third-order valence-corrected chi connectivity index (χ3v) is 7.62. The van der Waals surface area contributed by atoms with Gasteiger partial charge in [-0.1, -0.05) is 48.5 Å². The van der Waals surface area contributed by atoms with Crippen LogP contribution in [0.5, 0.6) is 0 Å². The van der Waals surface area contributed by atoms with E-state index < -0.39 is 30.1 Å². The standard InChI is InChI=1S/C26H25N3O5S/c1-15(23-28-21(14-35-23)24(30)29-12-6-11-22(29)25(31)32)27-26(33)34-13-20-18-9-4-2-7-16(18)17-8-3-5-10-19(17)20/h2-5,7-10,14-15,20,22H,6,11-13H2,1H3,(H,27,33)(H,31,32)/t15?,22-/m0/s1. The molecule has 9 heteroatoms. The van der Waals surface area contributed by atoms with Gasteiger partial charge >= 0.3 is 12.1 Å². The molecule has 2 N–H and O–H groups in total. The van der Waals surface area contributed by atoms with E-state index in [9.17, 15) is 19.5 Å². The van der Waals surface area contributed by atoms with Crippen LogP contribution in [0.3, 0.4) is 0 Å². The fourth-order valence-electron chi connectivity index (χ4n) is 4.88. The molecule has 2 amide bonds. The summed E-state index contributed by atoms with van der Waals surface area (Å²) in [7, 11) is 0. The van der Waals surface area contributed by atoms with Crippen LogP contribution in [0.2, 0.25) is 0 Å². The van der Waals surface area contributed by atoms with Crippen LogP contribution in [0.25, 0.3) is 11.1 Å². The molecular formula is C26H25N3O5S. The number of nitrogens with one attached hydrogen (secondary N) is 1. The second-order valence-electron chi connectivity index (χ2n) is 8.76. The number of nitrogens with zero attached hydrogens (tertiary/aromatic N) is 2. The fraction of sp³-hybridized carbons (Fsp3) is 0.308. The highest BCUT2D eigenvalue weighted by Crippen LogP contribution is 2.44. The number of benzene rings is 2. The maximum Gasteiger partial charge on any atom is 0.407 e. The molecule has 2 heterocycles. The lowest BCUT2D eigenvalue weighted by Gasteiger charge is -2.20. The van der Waals surface area contributed by atoms with E-state index in [-0.39, 0.29) is 18.2 Å². The monoisotopic (exact) mass is 491 g/mol. The molecule has 0 spiro atoms. The van der Waals surface area contributed by atoms with Crippen molar-refractivity contribution in [2.45, 2.75) is 37.8 Å². The van der Waals surface area contributed by atoms with Gasteiger partial charge in [-0.3, -0.25) is 4.79 Å². The molecule has 180 valence electrons. The van der Waals surface area contributed by atoms with Crippen LogP contribution in [0.15, 0.2) is 53.9 Å². The molecule has 35 heavy (non-hydrogen) atoms. The summed E-state index contributed by atoms with van der Waals surface area (Å²) in [5, 5.41) is 14.3. The van der Waals surface area contributed by atoms with Gasteiger partial charge in [0.15, 0.2) is 0 Å². The molecule has 1 unspecified atom stereocenters. The number of hydrogen-bond donors (Lipinski definition) is 2. The fourth-order valence-corrected chi connectivity index (χ4v) is 5.68. The second-order valence-corrected chi connectivity index (χ2v) is 9.65. The van der Waals surface area contributed by atoms with Gasteiger partial charge in [-0.25, -0.2) is 14.6 Å². The van der Waals surface area contributed by atoms with Gasteiger partial charge < -0.3 is 20.1 Å². The molecule has 1 fully saturated rings. The number of carbonyl (C=O) groups is 3. The van der Waals surface area contributed by atoms with E-state index in [2.05, 4.69) is 34.6 Å². The Bertz CT molecular complexity index is 1240. The van der Waals surface area contributed by atoms with Crippen molar-refractivity contribution in [3.63, 3.8) is 0 Å². The normalized spacial score (nSPS) is 17.5. The van der Waals surface area contributed by atoms with Crippen molar-refractivity contribution in [2.24, 2.45) is 0 Å². The maximum atomic E-state index is 12.8. The number of rotatable bonds is 6. The number of carbonyl (C=O) groups excluding carboxylic acids is 2. The number of aromatic nitrogens is 1. The van der Waals surface area contributed by atoms with Crippen LogP contribution in [0, 0.1) is 0 Å². The van der Waals surface area contributed by atoms with E-state index in [1.165, 1.54) is 16.2 Å². The first kappa shape index (κ1) is 23.0. The minimum atomic E-state index is -1.00. The van der Waals surface area contributed by atoms with Crippen molar-refractivity contribution in [1.29, 1.82) is 0 Å². The Hall–Kier alpha value is -3.72. The number of fused-ring (bicyclic) bond motifs is 3. The molecule has 0 bridgehead atoms. The van der Waals surface area contributed by atoms with Gasteiger partial charge in [-0.15, -0.1) is 11.3 Å². The van der Waals surface area contributed by atoms with Crippen LogP contribution in [-0.2, 0) is 9.53 Å². The Balaban J connectivity index is 1.21. The van der Waals surface area contributed by atoms with Crippen LogP contribution in [0.1, 0.15) is 58.3 Å². The van der Waals surface area contributed by atoms with Crippen molar-refractivity contribution in [1.82, 2.24) is 15.2 Å². The molecule has 8 nitrogen and oxygen atoms in total. The van der Waals surface area contributed by atoms with Gasteiger partial charge in [0, 0.05) is 17.8 Å². The van der Waals surface area contributed by atoms with Crippen molar-refractivity contribution in [3.05, 3.63) is 75.7 Å². The number of aliphatic carboxylic acids is 1. The van der Waals surface area contributed by atoms with Crippen molar-refractivity contribution >= 4 is 29.3 Å². The summed E-state index contributed by atoms with van der Waals surface area (Å²) in [6.45, 7) is 2.38. The summed E-state index contributed by atoms with van der Waals surface area (Å²) < 4.78 is 5.59. The predicted octanol–water partition coefficient (Wildman–Crippen LogP) is 4.43. The van der Waals surface area contributed by atoms with Crippen molar-refractivity contribution in [3.8, 4) is 11.1 Å². The number of carboxylic acid groups (broad SMARTS) is 1. The molecule has 1 aliphatic heterocycles. The molecule has 3 aromatic rings. The zero-order chi connectivity index (χ0) is 24.5. The summed E-state index contributed by atoms with van der Waals surface area (Å²) in [5.41, 5.74) is 4.79. The number of carboxylic acids is 1. The van der Waals surface area contributed by atoms with Gasteiger partial charge in [0.25, 0.3) is 5.91 Å². The van der Waals surface area contributed by atoms with Crippen LogP contribution < -0.4 is 5.32 Å². The lowest BCUT2D eigenvalue weighted by Crippen LogP contribution is -2.40. The molecular weight excluding hydrogens is 466 g/mol. The maximum absolute atomic E-state index is 12.8. The Morgan fingerprint density at radius 1 is 1.14 bits per heavy atom. The second kappa shape index (κ2) is 9.50. The zero-order valence-corrected chi connectivity index (χ0v) is 20.0. The summed E-state index contributed by atoms with van der Waals surface area (Å²) >= 11 is 1.24. The van der Waals surface area contributed by atoms with E-state index in [4.69, 9.17) is 4.74 Å². The highest BCUT2D eigenvalue weighted by atomic mass is 32.1. The first-order valence-electron chi connectivity index (χ1n) is 11.5. The largest absolute Gasteiger partial charge is 0.480 e. The lowest BCUT2D eigenvalue weighted by atomic mass is 9.98.